The van der Waals surface area contributed by atoms with E-state index in [9.17, 15) is 10.1 Å². The molecular weight excluding hydrogens is 204 g/mol. The summed E-state index contributed by atoms with van der Waals surface area (Å²) in [6.45, 7) is 1.94. The summed E-state index contributed by atoms with van der Waals surface area (Å²) in [5.41, 5.74) is 2.48. The Bertz CT molecular complexity index is 445. The van der Waals surface area contributed by atoms with Gasteiger partial charge in [-0.05, 0) is 30.9 Å². The minimum Gasteiger partial charge on any atom is -0.316 e. The number of nitro groups is 1. The van der Waals surface area contributed by atoms with Gasteiger partial charge in [0.1, 0.15) is 0 Å². The quantitative estimate of drug-likeness (QED) is 0.578. The standard InChI is InChI=1S/C12H14N2O2/c15-14(16)11-3-1-2-9-4-8-5-10(12(9)11)7-13-6-8/h1-3,8,10,13H,4-7H2. The molecule has 4 heteroatoms. The Kier molecular flexibility index (Phi) is 2.17. The molecule has 1 aromatic carbocycles. The van der Waals surface area contributed by atoms with E-state index < -0.39 is 0 Å². The second-order valence-electron chi connectivity index (χ2n) is 4.77. The highest BCUT2D eigenvalue weighted by Crippen LogP contribution is 2.41. The van der Waals surface area contributed by atoms with E-state index in [4.69, 9.17) is 0 Å². The second-order valence-corrected chi connectivity index (χ2v) is 4.77. The van der Waals surface area contributed by atoms with Gasteiger partial charge in [-0.1, -0.05) is 12.1 Å². The third-order valence-electron chi connectivity index (χ3n) is 3.73. The Hall–Kier alpha value is -1.42. The van der Waals surface area contributed by atoms with Gasteiger partial charge in [0.15, 0.2) is 0 Å². The molecule has 2 aliphatic rings. The van der Waals surface area contributed by atoms with Crippen LogP contribution in [0.2, 0.25) is 0 Å². The zero-order valence-electron chi connectivity index (χ0n) is 8.98. The van der Waals surface area contributed by atoms with Crippen LogP contribution in [0.15, 0.2) is 18.2 Å². The molecule has 1 heterocycles. The maximum atomic E-state index is 11.0. The van der Waals surface area contributed by atoms with Gasteiger partial charge in [-0.2, -0.15) is 0 Å². The van der Waals surface area contributed by atoms with Gasteiger partial charge in [0.25, 0.3) is 5.69 Å². The first-order valence-electron chi connectivity index (χ1n) is 5.72. The van der Waals surface area contributed by atoms with Gasteiger partial charge in [-0.3, -0.25) is 10.1 Å². The van der Waals surface area contributed by atoms with Gasteiger partial charge in [0.05, 0.1) is 4.92 Å². The molecule has 1 fully saturated rings. The third-order valence-corrected chi connectivity index (χ3v) is 3.73. The van der Waals surface area contributed by atoms with E-state index in [1.54, 1.807) is 6.07 Å². The molecule has 1 aliphatic carbocycles. The summed E-state index contributed by atoms with van der Waals surface area (Å²) in [4.78, 5) is 10.8. The fourth-order valence-electron chi connectivity index (χ4n) is 3.13. The van der Waals surface area contributed by atoms with Crippen molar-refractivity contribution in [1.82, 2.24) is 5.32 Å². The predicted molar refractivity (Wildman–Crippen MR) is 60.5 cm³/mol. The zero-order valence-corrected chi connectivity index (χ0v) is 8.98. The number of hydrogen-bond acceptors (Lipinski definition) is 3. The van der Waals surface area contributed by atoms with E-state index in [1.165, 1.54) is 5.56 Å². The van der Waals surface area contributed by atoms with E-state index in [1.807, 2.05) is 12.1 Å². The Balaban J connectivity index is 2.13. The predicted octanol–water partition coefficient (Wildman–Crippen LogP) is 1.84. The van der Waals surface area contributed by atoms with Crippen molar-refractivity contribution < 1.29 is 4.92 Å². The molecule has 0 spiro atoms. The van der Waals surface area contributed by atoms with Gasteiger partial charge in [0.2, 0.25) is 0 Å². The van der Waals surface area contributed by atoms with Crippen molar-refractivity contribution in [2.24, 2.45) is 5.92 Å². The molecule has 16 heavy (non-hydrogen) atoms. The summed E-state index contributed by atoms with van der Waals surface area (Å²) in [6, 6.07) is 5.49. The molecule has 2 bridgehead atoms. The lowest BCUT2D eigenvalue weighted by Crippen LogP contribution is -2.39. The molecule has 0 saturated carbocycles. The molecule has 3 rings (SSSR count). The minimum absolute atomic E-state index is 0.242. The van der Waals surface area contributed by atoms with Crippen LogP contribution in [-0.2, 0) is 6.42 Å². The van der Waals surface area contributed by atoms with Gasteiger partial charge in [-0.25, -0.2) is 0 Å². The average molecular weight is 218 g/mol. The number of piperidine rings is 1. The monoisotopic (exact) mass is 218 g/mol. The lowest BCUT2D eigenvalue weighted by Gasteiger charge is -2.36. The zero-order chi connectivity index (χ0) is 11.1. The van der Waals surface area contributed by atoms with Crippen molar-refractivity contribution in [3.8, 4) is 0 Å². The van der Waals surface area contributed by atoms with Crippen LogP contribution in [0.1, 0.15) is 23.5 Å². The van der Waals surface area contributed by atoms with Crippen LogP contribution in [0.5, 0.6) is 0 Å². The number of nitro benzene ring substituents is 1. The van der Waals surface area contributed by atoms with E-state index in [-0.39, 0.29) is 4.92 Å². The number of hydrogen-bond donors (Lipinski definition) is 1. The number of nitrogens with one attached hydrogen (secondary N) is 1. The van der Waals surface area contributed by atoms with Gasteiger partial charge in [0, 0.05) is 24.1 Å². The van der Waals surface area contributed by atoms with E-state index in [0.717, 1.165) is 31.5 Å². The molecule has 0 amide bonds. The molecule has 4 nitrogen and oxygen atoms in total. The molecule has 0 radical (unpaired) electrons. The second kappa shape index (κ2) is 3.56. The normalized spacial score (nSPS) is 27.2. The van der Waals surface area contributed by atoms with Crippen molar-refractivity contribution in [3.63, 3.8) is 0 Å². The number of nitrogens with zero attached hydrogens (tertiary/aromatic N) is 1. The van der Waals surface area contributed by atoms with E-state index >= 15 is 0 Å². The van der Waals surface area contributed by atoms with Crippen LogP contribution in [0.25, 0.3) is 0 Å². The number of rotatable bonds is 1. The maximum absolute atomic E-state index is 11.0. The molecule has 84 valence electrons. The fraction of sp³-hybridized carbons (Fsp3) is 0.500. The summed E-state index contributed by atoms with van der Waals surface area (Å²) < 4.78 is 0. The molecule has 1 aromatic rings. The molecule has 2 atom stereocenters. The fourth-order valence-corrected chi connectivity index (χ4v) is 3.13. The number of fused-ring (bicyclic) bond motifs is 4. The molecule has 0 aromatic heterocycles. The Morgan fingerprint density at radius 2 is 2.25 bits per heavy atom. The first-order chi connectivity index (χ1) is 7.75. The van der Waals surface area contributed by atoms with Crippen molar-refractivity contribution in [2.75, 3.05) is 13.1 Å². The van der Waals surface area contributed by atoms with Crippen molar-refractivity contribution in [3.05, 3.63) is 39.4 Å². The summed E-state index contributed by atoms with van der Waals surface area (Å²) in [5.74, 6) is 0.998. The number of benzene rings is 1. The Labute approximate surface area is 93.8 Å². The topological polar surface area (TPSA) is 55.2 Å². The molecule has 2 unspecified atom stereocenters. The molecule has 1 N–H and O–H groups in total. The minimum atomic E-state index is -0.242. The van der Waals surface area contributed by atoms with Crippen LogP contribution in [-0.4, -0.2) is 18.0 Å². The summed E-state index contributed by atoms with van der Waals surface area (Å²) >= 11 is 0. The molecular formula is C12H14N2O2. The molecule has 1 aliphatic heterocycles. The summed E-state index contributed by atoms with van der Waals surface area (Å²) in [6.07, 6.45) is 2.09. The maximum Gasteiger partial charge on any atom is 0.273 e. The highest BCUT2D eigenvalue weighted by atomic mass is 16.6. The van der Waals surface area contributed by atoms with Crippen LogP contribution < -0.4 is 5.32 Å². The van der Waals surface area contributed by atoms with Gasteiger partial charge >= 0.3 is 0 Å². The SMILES string of the molecule is O=[N+]([O-])c1cccc2c1C1CNCC(C2)C1. The smallest absolute Gasteiger partial charge is 0.273 e. The largest absolute Gasteiger partial charge is 0.316 e. The van der Waals surface area contributed by atoms with E-state index in [0.29, 0.717) is 17.5 Å². The Morgan fingerprint density at radius 1 is 1.38 bits per heavy atom. The lowest BCUT2D eigenvalue weighted by molar-refractivity contribution is -0.385. The Morgan fingerprint density at radius 3 is 3.06 bits per heavy atom. The molecule has 1 saturated heterocycles. The van der Waals surface area contributed by atoms with Crippen molar-refractivity contribution in [2.45, 2.75) is 18.8 Å². The highest BCUT2D eigenvalue weighted by Gasteiger charge is 2.34. The van der Waals surface area contributed by atoms with Gasteiger partial charge in [-0.15, -0.1) is 0 Å². The summed E-state index contributed by atoms with van der Waals surface area (Å²) in [7, 11) is 0. The summed E-state index contributed by atoms with van der Waals surface area (Å²) in [5, 5.41) is 14.4. The van der Waals surface area contributed by atoms with E-state index in [2.05, 4.69) is 5.32 Å². The van der Waals surface area contributed by atoms with Gasteiger partial charge < -0.3 is 5.32 Å². The van der Waals surface area contributed by atoms with Crippen molar-refractivity contribution in [1.29, 1.82) is 0 Å². The lowest BCUT2D eigenvalue weighted by atomic mass is 9.74. The first-order valence-corrected chi connectivity index (χ1v) is 5.72. The third kappa shape index (κ3) is 1.41. The van der Waals surface area contributed by atoms with Crippen molar-refractivity contribution >= 4 is 5.69 Å². The first kappa shape index (κ1) is 9.78. The van der Waals surface area contributed by atoms with Crippen LogP contribution in [0.4, 0.5) is 5.69 Å². The highest BCUT2D eigenvalue weighted by molar-refractivity contribution is 5.50. The average Bonchev–Trinajstić information content (AvgIpc) is 2.28. The van der Waals surface area contributed by atoms with Crippen LogP contribution >= 0.6 is 0 Å². The van der Waals surface area contributed by atoms with Crippen LogP contribution in [0, 0.1) is 16.0 Å². The van der Waals surface area contributed by atoms with Crippen LogP contribution in [0.3, 0.4) is 0 Å².